The van der Waals surface area contributed by atoms with E-state index in [1.807, 2.05) is 18.2 Å². The summed E-state index contributed by atoms with van der Waals surface area (Å²) in [7, 11) is 2.09. The maximum absolute atomic E-state index is 6.32. The molecule has 0 saturated carbocycles. The van der Waals surface area contributed by atoms with E-state index < -0.39 is 0 Å². The number of para-hydroxylation sites is 1. The van der Waals surface area contributed by atoms with Crippen molar-refractivity contribution in [3.05, 3.63) is 64.7 Å². The second kappa shape index (κ2) is 6.97. The number of halogens is 2. The van der Waals surface area contributed by atoms with E-state index in [0.717, 1.165) is 29.0 Å². The Morgan fingerprint density at radius 1 is 1.05 bits per heavy atom. The van der Waals surface area contributed by atoms with Crippen molar-refractivity contribution in [2.24, 2.45) is 0 Å². The van der Waals surface area contributed by atoms with Crippen LogP contribution in [0.2, 0.25) is 5.02 Å². The van der Waals surface area contributed by atoms with Gasteiger partial charge in [-0.25, -0.2) is 0 Å². The highest BCUT2D eigenvalue weighted by molar-refractivity contribution is 9.08. The molecule has 0 aliphatic rings. The molecule has 0 fully saturated rings. The zero-order valence-corrected chi connectivity index (χ0v) is 13.3. The van der Waals surface area contributed by atoms with Crippen molar-refractivity contribution in [2.45, 2.75) is 11.8 Å². The molecule has 0 unspecified atom stereocenters. The quantitative estimate of drug-likeness (QED) is 0.700. The number of nitrogens with zero attached hydrogens (tertiary/aromatic N) is 1. The monoisotopic (exact) mass is 337 g/mol. The highest BCUT2D eigenvalue weighted by atomic mass is 79.9. The third-order valence-corrected chi connectivity index (χ3v) is 4.08. The normalized spacial score (nSPS) is 10.5. The first-order valence-corrected chi connectivity index (χ1v) is 7.80. The molecule has 0 saturated heterocycles. The molecule has 100 valence electrons. The van der Waals surface area contributed by atoms with Gasteiger partial charge in [0.2, 0.25) is 0 Å². The molecule has 0 atom stereocenters. The lowest BCUT2D eigenvalue weighted by Gasteiger charge is -2.23. The van der Waals surface area contributed by atoms with Crippen molar-refractivity contribution in [3.63, 3.8) is 0 Å². The second-order valence-electron chi connectivity index (χ2n) is 4.54. The van der Waals surface area contributed by atoms with Gasteiger partial charge in [-0.1, -0.05) is 70.0 Å². The molecule has 0 aliphatic heterocycles. The molecule has 0 radical (unpaired) electrons. The Morgan fingerprint density at radius 2 is 1.79 bits per heavy atom. The zero-order valence-electron chi connectivity index (χ0n) is 10.9. The van der Waals surface area contributed by atoms with Crippen molar-refractivity contribution in [3.8, 4) is 0 Å². The van der Waals surface area contributed by atoms with E-state index in [9.17, 15) is 0 Å². The number of hydrogen-bond acceptors (Lipinski definition) is 1. The summed E-state index contributed by atoms with van der Waals surface area (Å²) in [5.41, 5.74) is 3.70. The molecule has 2 rings (SSSR count). The van der Waals surface area contributed by atoms with Gasteiger partial charge in [-0.3, -0.25) is 0 Å². The van der Waals surface area contributed by atoms with Gasteiger partial charge in [0.25, 0.3) is 0 Å². The van der Waals surface area contributed by atoms with Gasteiger partial charge in [0.15, 0.2) is 0 Å². The van der Waals surface area contributed by atoms with E-state index in [4.69, 9.17) is 11.6 Å². The van der Waals surface area contributed by atoms with E-state index in [1.165, 1.54) is 11.1 Å². The van der Waals surface area contributed by atoms with Crippen LogP contribution in [-0.2, 0) is 11.8 Å². The van der Waals surface area contributed by atoms with Gasteiger partial charge in [0.05, 0.1) is 10.7 Å². The summed E-state index contributed by atoms with van der Waals surface area (Å²) in [6.07, 6.45) is 1.02. The van der Waals surface area contributed by atoms with Crippen molar-refractivity contribution in [1.29, 1.82) is 0 Å². The van der Waals surface area contributed by atoms with Crippen molar-refractivity contribution in [2.75, 3.05) is 18.5 Å². The van der Waals surface area contributed by atoms with Gasteiger partial charge < -0.3 is 4.90 Å². The lowest BCUT2D eigenvalue weighted by atomic mass is 10.1. The Balaban J connectivity index is 2.10. The maximum Gasteiger partial charge on any atom is 0.0642 e. The van der Waals surface area contributed by atoms with Crippen LogP contribution < -0.4 is 4.90 Å². The SMILES string of the molecule is CN(CCc1ccccc1)c1c(Cl)cccc1CBr. The molecule has 2 aromatic carbocycles. The molecular formula is C16H17BrClN. The van der Waals surface area contributed by atoms with E-state index in [0.29, 0.717) is 0 Å². The van der Waals surface area contributed by atoms with Gasteiger partial charge in [0.1, 0.15) is 0 Å². The Labute approximate surface area is 128 Å². The van der Waals surface area contributed by atoms with E-state index in [1.54, 1.807) is 0 Å². The van der Waals surface area contributed by atoms with Gasteiger partial charge in [0, 0.05) is 18.9 Å². The maximum atomic E-state index is 6.32. The van der Waals surface area contributed by atoms with Gasteiger partial charge in [-0.2, -0.15) is 0 Å². The Hall–Kier alpha value is -0.990. The van der Waals surface area contributed by atoms with Crippen LogP contribution in [0.25, 0.3) is 0 Å². The van der Waals surface area contributed by atoms with Crippen LogP contribution in [0.3, 0.4) is 0 Å². The highest BCUT2D eigenvalue weighted by Crippen LogP contribution is 2.30. The molecule has 0 spiro atoms. The van der Waals surface area contributed by atoms with Gasteiger partial charge in [-0.05, 0) is 23.6 Å². The minimum atomic E-state index is 0.813. The smallest absolute Gasteiger partial charge is 0.0642 e. The molecule has 2 aromatic rings. The number of likely N-dealkylation sites (N-methyl/N-ethyl adjacent to an activating group) is 1. The molecular weight excluding hydrogens is 322 g/mol. The topological polar surface area (TPSA) is 3.24 Å². The molecule has 0 heterocycles. The first-order valence-electron chi connectivity index (χ1n) is 6.31. The van der Waals surface area contributed by atoms with Crippen molar-refractivity contribution in [1.82, 2.24) is 0 Å². The van der Waals surface area contributed by atoms with Crippen LogP contribution in [0.5, 0.6) is 0 Å². The Morgan fingerprint density at radius 3 is 2.47 bits per heavy atom. The fraction of sp³-hybridized carbons (Fsp3) is 0.250. The first kappa shape index (κ1) is 14.4. The van der Waals surface area contributed by atoms with Crippen LogP contribution >= 0.6 is 27.5 Å². The predicted molar refractivity (Wildman–Crippen MR) is 87.5 cm³/mol. The summed E-state index contributed by atoms with van der Waals surface area (Å²) in [5, 5.41) is 1.63. The minimum Gasteiger partial charge on any atom is -0.373 e. The Kier molecular flexibility index (Phi) is 5.29. The summed E-state index contributed by atoms with van der Waals surface area (Å²) in [4.78, 5) is 2.23. The molecule has 0 N–H and O–H groups in total. The summed E-state index contributed by atoms with van der Waals surface area (Å²) in [6, 6.07) is 16.6. The lowest BCUT2D eigenvalue weighted by molar-refractivity contribution is 0.873. The fourth-order valence-corrected chi connectivity index (χ4v) is 2.94. The largest absolute Gasteiger partial charge is 0.373 e. The molecule has 1 nitrogen and oxygen atoms in total. The third-order valence-electron chi connectivity index (χ3n) is 3.17. The summed E-state index contributed by atoms with van der Waals surface area (Å²) in [6.45, 7) is 0.952. The van der Waals surface area contributed by atoms with Crippen molar-refractivity contribution >= 4 is 33.2 Å². The molecule has 3 heteroatoms. The van der Waals surface area contributed by atoms with E-state index >= 15 is 0 Å². The number of hydrogen-bond donors (Lipinski definition) is 0. The van der Waals surface area contributed by atoms with Crippen LogP contribution in [0.4, 0.5) is 5.69 Å². The summed E-state index contributed by atoms with van der Waals surface area (Å²) in [5.74, 6) is 0. The fourth-order valence-electron chi connectivity index (χ4n) is 2.15. The van der Waals surface area contributed by atoms with Crippen LogP contribution in [0.15, 0.2) is 48.5 Å². The number of benzene rings is 2. The molecule has 0 bridgehead atoms. The first-order chi connectivity index (χ1) is 9.22. The number of rotatable bonds is 5. The number of alkyl halides is 1. The van der Waals surface area contributed by atoms with Crippen LogP contribution in [-0.4, -0.2) is 13.6 Å². The summed E-state index contributed by atoms with van der Waals surface area (Å²) >= 11 is 9.84. The van der Waals surface area contributed by atoms with Crippen LogP contribution in [0.1, 0.15) is 11.1 Å². The predicted octanol–water partition coefficient (Wildman–Crippen LogP) is 4.91. The summed E-state index contributed by atoms with van der Waals surface area (Å²) < 4.78 is 0. The minimum absolute atomic E-state index is 0.813. The number of anilines is 1. The highest BCUT2D eigenvalue weighted by Gasteiger charge is 2.10. The molecule has 19 heavy (non-hydrogen) atoms. The van der Waals surface area contributed by atoms with Gasteiger partial charge >= 0.3 is 0 Å². The Bertz CT molecular complexity index is 528. The van der Waals surface area contributed by atoms with E-state index in [-0.39, 0.29) is 0 Å². The lowest BCUT2D eigenvalue weighted by Crippen LogP contribution is -2.21. The standard InChI is InChI=1S/C16H17BrClN/c1-19(11-10-13-6-3-2-4-7-13)16-14(12-17)8-5-9-15(16)18/h2-9H,10-12H2,1H3. The molecule has 0 aromatic heterocycles. The third kappa shape index (κ3) is 3.74. The molecule has 0 aliphatic carbocycles. The average molecular weight is 339 g/mol. The average Bonchev–Trinajstić information content (AvgIpc) is 2.45. The van der Waals surface area contributed by atoms with Gasteiger partial charge in [-0.15, -0.1) is 0 Å². The zero-order chi connectivity index (χ0) is 13.7. The molecule has 0 amide bonds. The van der Waals surface area contributed by atoms with Crippen molar-refractivity contribution < 1.29 is 0 Å². The second-order valence-corrected chi connectivity index (χ2v) is 5.51. The van der Waals surface area contributed by atoms with Crippen LogP contribution in [0, 0.1) is 0 Å². The van der Waals surface area contributed by atoms with E-state index in [2.05, 4.69) is 58.2 Å².